The molecule has 0 nitrogen and oxygen atoms in total. The van der Waals surface area contributed by atoms with Crippen molar-refractivity contribution in [1.29, 1.82) is 0 Å². The molecule has 0 amide bonds. The Balaban J connectivity index is 3.88. The van der Waals surface area contributed by atoms with Crippen LogP contribution in [0, 0.1) is 18.4 Å². The fourth-order valence-electron chi connectivity index (χ4n) is 0.0754. The fraction of sp³-hybridized carbons (Fsp3) is 0. The Hall–Kier alpha value is -1.23. The highest BCUT2D eigenvalue weighted by Crippen LogP contribution is 1.49. The summed E-state index contributed by atoms with van der Waals surface area (Å²) in [6.07, 6.45) is 4.17. The van der Waals surface area contributed by atoms with Gasteiger partial charge in [-0.1, -0.05) is 0 Å². The summed E-state index contributed by atoms with van der Waals surface area (Å²) in [5, 5.41) is 0. The van der Waals surface area contributed by atoms with E-state index >= 15 is 0 Å². The standard InChI is InChI=1S/C6H3/c1-3-5-6-4-2/h1H,2H2/q+1/i1D. The monoisotopic (exact) mass is 76.0 g/mol. The minimum absolute atomic E-state index is 1.86. The lowest BCUT2D eigenvalue weighted by Gasteiger charge is -1.26. The van der Waals surface area contributed by atoms with Crippen molar-refractivity contribution in [2.75, 3.05) is 0 Å². The Morgan fingerprint density at radius 3 is 3.33 bits per heavy atom. The third-order valence-corrected chi connectivity index (χ3v) is 0.213. The lowest BCUT2D eigenvalue weighted by molar-refractivity contribution is 2.10. The zero-order valence-corrected chi connectivity index (χ0v) is 3.21. The summed E-state index contributed by atoms with van der Waals surface area (Å²) in [6.45, 7) is 3.20. The first-order valence-corrected chi connectivity index (χ1v) is 1.35. The van der Waals surface area contributed by atoms with Gasteiger partial charge in [-0.25, -0.2) is 0 Å². The normalized spacial score (nSPS) is 4.33. The van der Waals surface area contributed by atoms with E-state index < -0.39 is 0 Å². The first-order chi connectivity index (χ1) is 3.41. The highest BCUT2D eigenvalue weighted by molar-refractivity contribution is 4.99. The van der Waals surface area contributed by atoms with E-state index in [0.717, 1.165) is 0 Å². The summed E-state index contributed by atoms with van der Waals surface area (Å²) >= 11 is 0. The van der Waals surface area contributed by atoms with Gasteiger partial charge in [0.05, 0.1) is 5.73 Å². The Morgan fingerprint density at radius 2 is 2.83 bits per heavy atom. The molecule has 0 rings (SSSR count). The predicted molar refractivity (Wildman–Crippen MR) is 24.7 cm³/mol. The maximum absolute atomic E-state index is 6.27. The third-order valence-electron chi connectivity index (χ3n) is 0.213. The molecule has 0 aromatic carbocycles. The molecule has 26 valence electrons. The lowest BCUT2D eigenvalue weighted by Crippen LogP contribution is -1.33. The molecule has 0 atom stereocenters. The molecule has 0 spiro atoms. The Morgan fingerprint density at radius 1 is 2.00 bits per heavy atom. The fourth-order valence-corrected chi connectivity index (χ4v) is 0.0754. The molecule has 0 radical (unpaired) electrons. The Bertz CT molecular complexity index is 168. The molecule has 0 aliphatic rings. The molecule has 0 aliphatic heterocycles. The second-order valence-electron chi connectivity index (χ2n) is 0.552. The van der Waals surface area contributed by atoms with Gasteiger partial charge in [-0.2, -0.15) is 0 Å². The van der Waals surface area contributed by atoms with Crippen LogP contribution in [-0.4, -0.2) is 0 Å². The smallest absolute Gasteiger partial charge is 0.0222 e. The van der Waals surface area contributed by atoms with E-state index in [2.05, 4.69) is 30.0 Å². The van der Waals surface area contributed by atoms with Crippen LogP contribution in [0.2, 0.25) is 0 Å². The van der Waals surface area contributed by atoms with E-state index in [9.17, 15) is 0 Å². The van der Waals surface area contributed by atoms with Crippen molar-refractivity contribution in [3.05, 3.63) is 24.1 Å². The summed E-state index contributed by atoms with van der Waals surface area (Å²) in [5.74, 6) is 2.20. The van der Waals surface area contributed by atoms with Crippen molar-refractivity contribution >= 4 is 0 Å². The molecule has 0 aromatic heterocycles. The molecule has 0 aliphatic carbocycles. The average molecular weight is 76.1 g/mol. The van der Waals surface area contributed by atoms with E-state index in [1.54, 1.807) is 0 Å². The number of terminal acetylenes is 1. The highest BCUT2D eigenvalue weighted by atomic mass is 13.4. The molecule has 0 saturated heterocycles. The van der Waals surface area contributed by atoms with Crippen LogP contribution in [0.25, 0.3) is 0 Å². The third kappa shape index (κ3) is 2.77. The number of hydrogen-bond donors (Lipinski definition) is 0. The second-order valence-corrected chi connectivity index (χ2v) is 0.552. The molecule has 0 N–H and O–H groups in total. The number of allylic oxidation sites excluding steroid dienone is 1. The van der Waals surface area contributed by atoms with Gasteiger partial charge in [0.25, 0.3) is 0 Å². The van der Waals surface area contributed by atoms with Gasteiger partial charge in [0, 0.05) is 13.0 Å². The van der Waals surface area contributed by atoms with Gasteiger partial charge in [-0.3, -0.25) is 0 Å². The van der Waals surface area contributed by atoms with E-state index in [1.807, 2.05) is 6.40 Å². The van der Waals surface area contributed by atoms with Gasteiger partial charge in [-0.05, 0) is 0 Å². The molecule has 0 saturated carbocycles. The average Bonchev–Trinajstić information content (AvgIpc) is 1.69. The van der Waals surface area contributed by atoms with Crippen LogP contribution >= 0.6 is 0 Å². The summed E-state index contributed by atoms with van der Waals surface area (Å²) in [7, 11) is 0. The van der Waals surface area contributed by atoms with Crippen LogP contribution in [0.4, 0.5) is 0 Å². The van der Waals surface area contributed by atoms with Crippen LogP contribution in [0.1, 0.15) is 1.37 Å². The van der Waals surface area contributed by atoms with Gasteiger partial charge >= 0.3 is 0 Å². The van der Waals surface area contributed by atoms with Crippen LogP contribution in [0.5, 0.6) is 0 Å². The minimum Gasteiger partial charge on any atom is 0.0222 e. The maximum atomic E-state index is 6.27. The van der Waals surface area contributed by atoms with Crippen molar-refractivity contribution < 1.29 is 1.37 Å². The first kappa shape index (κ1) is 2.98. The van der Waals surface area contributed by atoms with Crippen molar-refractivity contribution in [3.8, 4) is 12.3 Å². The molecule has 0 unspecified atom stereocenters. The Labute approximate surface area is 38.9 Å². The van der Waals surface area contributed by atoms with Crippen molar-refractivity contribution in [2.45, 2.75) is 0 Å². The van der Waals surface area contributed by atoms with Crippen LogP contribution in [0.15, 0.2) is 18.0 Å². The molecule has 0 heterocycles. The zero-order chi connectivity index (χ0) is 5.54. The van der Waals surface area contributed by atoms with Gasteiger partial charge < -0.3 is 0 Å². The maximum Gasteiger partial charge on any atom is 0.231 e. The van der Waals surface area contributed by atoms with Crippen molar-refractivity contribution in [1.82, 2.24) is 0 Å². The van der Waals surface area contributed by atoms with Crippen LogP contribution < -0.4 is 0 Å². The lowest BCUT2D eigenvalue weighted by atomic mass is 10.6. The van der Waals surface area contributed by atoms with Crippen molar-refractivity contribution in [2.24, 2.45) is 0 Å². The molecular weight excluding hydrogens is 72.1 g/mol. The zero-order valence-electron chi connectivity index (χ0n) is 4.21. The largest absolute Gasteiger partial charge is 0.231 e. The van der Waals surface area contributed by atoms with Gasteiger partial charge in [0.2, 0.25) is 1.37 Å². The minimum atomic E-state index is 1.86. The highest BCUT2D eigenvalue weighted by Gasteiger charge is 1.55. The van der Waals surface area contributed by atoms with Gasteiger partial charge in [0.15, 0.2) is 11.8 Å². The molecule has 0 fully saturated rings. The second kappa shape index (κ2) is 3.77. The molecule has 0 bridgehead atoms. The summed E-state index contributed by atoms with van der Waals surface area (Å²) < 4.78 is 6.27. The van der Waals surface area contributed by atoms with E-state index in [0.29, 0.717) is 0 Å². The van der Waals surface area contributed by atoms with Gasteiger partial charge in [0.1, 0.15) is 5.92 Å². The van der Waals surface area contributed by atoms with Crippen LogP contribution in [-0.2, 0) is 0 Å². The predicted octanol–water partition coefficient (Wildman–Crippen LogP) is 0.919. The summed E-state index contributed by atoms with van der Waals surface area (Å²) in [5.41, 5.74) is 4.65. The number of hydrogen-bond acceptors (Lipinski definition) is 0. The molecular formula is C6H3+. The number of rotatable bonds is 0. The van der Waals surface area contributed by atoms with E-state index in [-0.39, 0.29) is 0 Å². The van der Waals surface area contributed by atoms with Crippen molar-refractivity contribution in [3.63, 3.8) is 0 Å². The topological polar surface area (TPSA) is 0 Å². The first-order valence-electron chi connectivity index (χ1n) is 1.85. The summed E-state index contributed by atoms with van der Waals surface area (Å²) in [6, 6.07) is 0. The van der Waals surface area contributed by atoms with E-state index in [1.165, 1.54) is 0 Å². The quantitative estimate of drug-likeness (QED) is 0.228. The van der Waals surface area contributed by atoms with Crippen LogP contribution in [0.3, 0.4) is 0 Å². The molecule has 0 heteroatoms. The molecule has 6 heavy (non-hydrogen) atoms. The van der Waals surface area contributed by atoms with Gasteiger partial charge in [-0.15, -0.1) is 0 Å². The SMILES string of the molecule is [2H]C#C[C+]=C=C=C. The summed E-state index contributed by atoms with van der Waals surface area (Å²) in [4.78, 5) is 0. The molecule has 0 aromatic rings. The van der Waals surface area contributed by atoms with E-state index in [4.69, 9.17) is 1.37 Å². The Kier molecular flexibility index (Phi) is 1.87.